The van der Waals surface area contributed by atoms with Gasteiger partial charge in [0.25, 0.3) is 0 Å². The first-order valence-corrected chi connectivity index (χ1v) is 5.17. The van der Waals surface area contributed by atoms with Crippen molar-refractivity contribution in [1.82, 2.24) is 0 Å². The molecule has 0 aromatic heterocycles. The van der Waals surface area contributed by atoms with Gasteiger partial charge in [-0.3, -0.25) is 0 Å². The molecule has 0 atom stereocenters. The van der Waals surface area contributed by atoms with Gasteiger partial charge in [-0.25, -0.2) is 0 Å². The van der Waals surface area contributed by atoms with Crippen molar-refractivity contribution in [2.24, 2.45) is 0 Å². The van der Waals surface area contributed by atoms with Gasteiger partial charge >= 0.3 is 0 Å². The van der Waals surface area contributed by atoms with E-state index in [2.05, 4.69) is 0 Å². The standard InChI is InChI=1S/C10H14O2S/c1-7-5-8(2)10(9(12)6-7)13-4-3-11/h5-6,11-12H,3-4H2,1-2H3. The van der Waals surface area contributed by atoms with Crippen LogP contribution in [0.25, 0.3) is 0 Å². The maximum atomic E-state index is 9.60. The minimum Gasteiger partial charge on any atom is -0.507 e. The molecule has 2 N–H and O–H groups in total. The summed E-state index contributed by atoms with van der Waals surface area (Å²) < 4.78 is 0. The molecular formula is C10H14O2S. The van der Waals surface area contributed by atoms with Crippen LogP contribution >= 0.6 is 11.8 Å². The second-order valence-electron chi connectivity index (χ2n) is 3.00. The quantitative estimate of drug-likeness (QED) is 0.731. The highest BCUT2D eigenvalue weighted by atomic mass is 32.2. The monoisotopic (exact) mass is 198 g/mol. The summed E-state index contributed by atoms with van der Waals surface area (Å²) in [4.78, 5) is 0.875. The molecule has 0 amide bonds. The Kier molecular flexibility index (Phi) is 3.63. The summed E-state index contributed by atoms with van der Waals surface area (Å²) in [5, 5.41) is 18.3. The van der Waals surface area contributed by atoms with E-state index in [4.69, 9.17) is 5.11 Å². The number of aryl methyl sites for hydroxylation is 2. The molecule has 0 fully saturated rings. The summed E-state index contributed by atoms with van der Waals surface area (Å²) >= 11 is 1.48. The van der Waals surface area contributed by atoms with Gasteiger partial charge in [0.2, 0.25) is 0 Å². The minimum absolute atomic E-state index is 0.136. The Hall–Kier alpha value is -0.670. The molecule has 72 valence electrons. The molecule has 0 radical (unpaired) electrons. The van der Waals surface area contributed by atoms with Crippen molar-refractivity contribution in [3.63, 3.8) is 0 Å². The number of aromatic hydroxyl groups is 1. The van der Waals surface area contributed by atoms with Crippen LogP contribution in [0.1, 0.15) is 11.1 Å². The summed E-state index contributed by atoms with van der Waals surface area (Å²) in [5.41, 5.74) is 2.12. The van der Waals surface area contributed by atoms with Gasteiger partial charge in [-0.1, -0.05) is 6.07 Å². The zero-order valence-electron chi connectivity index (χ0n) is 7.87. The molecule has 0 aliphatic carbocycles. The van der Waals surface area contributed by atoms with E-state index in [9.17, 15) is 5.11 Å². The predicted molar refractivity (Wildman–Crippen MR) is 55.4 cm³/mol. The highest BCUT2D eigenvalue weighted by Gasteiger charge is 2.05. The number of phenols is 1. The number of thioether (sulfide) groups is 1. The lowest BCUT2D eigenvalue weighted by Crippen LogP contribution is -1.89. The number of aliphatic hydroxyl groups is 1. The Morgan fingerprint density at radius 3 is 2.54 bits per heavy atom. The predicted octanol–water partition coefficient (Wildman–Crippen LogP) is 2.09. The summed E-state index contributed by atoms with van der Waals surface area (Å²) in [6, 6.07) is 3.77. The van der Waals surface area contributed by atoms with Crippen LogP contribution in [0.2, 0.25) is 0 Å². The van der Waals surface area contributed by atoms with E-state index >= 15 is 0 Å². The molecule has 0 saturated heterocycles. The van der Waals surface area contributed by atoms with Crippen molar-refractivity contribution < 1.29 is 10.2 Å². The molecule has 1 aromatic carbocycles. The number of hydrogen-bond donors (Lipinski definition) is 2. The van der Waals surface area contributed by atoms with Gasteiger partial charge in [0.05, 0.1) is 11.5 Å². The molecule has 1 rings (SSSR count). The second kappa shape index (κ2) is 4.53. The average Bonchev–Trinajstić information content (AvgIpc) is 2.02. The number of aliphatic hydroxyl groups excluding tert-OH is 1. The molecule has 0 bridgehead atoms. The van der Waals surface area contributed by atoms with Gasteiger partial charge < -0.3 is 10.2 Å². The van der Waals surface area contributed by atoms with Gasteiger partial charge in [0.15, 0.2) is 0 Å². The lowest BCUT2D eigenvalue weighted by Gasteiger charge is -2.08. The van der Waals surface area contributed by atoms with Crippen molar-refractivity contribution in [3.05, 3.63) is 23.3 Å². The van der Waals surface area contributed by atoms with Crippen LogP contribution in [0.3, 0.4) is 0 Å². The fourth-order valence-electron chi connectivity index (χ4n) is 1.27. The lowest BCUT2D eigenvalue weighted by atomic mass is 10.1. The molecule has 0 unspecified atom stereocenters. The fraction of sp³-hybridized carbons (Fsp3) is 0.400. The Morgan fingerprint density at radius 2 is 2.00 bits per heavy atom. The molecule has 1 aromatic rings. The van der Waals surface area contributed by atoms with Crippen LogP contribution < -0.4 is 0 Å². The Bertz CT molecular complexity index is 274. The molecule has 13 heavy (non-hydrogen) atoms. The Labute approximate surface area is 82.6 Å². The average molecular weight is 198 g/mol. The van der Waals surface area contributed by atoms with Crippen LogP contribution in [0.5, 0.6) is 5.75 Å². The van der Waals surface area contributed by atoms with Crippen molar-refractivity contribution in [3.8, 4) is 5.75 Å². The number of rotatable bonds is 3. The van der Waals surface area contributed by atoms with E-state index in [1.807, 2.05) is 19.9 Å². The van der Waals surface area contributed by atoms with Gasteiger partial charge in [0, 0.05) is 5.75 Å². The van der Waals surface area contributed by atoms with Crippen LogP contribution in [0.15, 0.2) is 17.0 Å². The first-order chi connectivity index (χ1) is 6.15. The minimum atomic E-state index is 0.136. The normalized spacial score (nSPS) is 10.4. The van der Waals surface area contributed by atoms with Crippen molar-refractivity contribution >= 4 is 11.8 Å². The number of hydrogen-bond acceptors (Lipinski definition) is 3. The van der Waals surface area contributed by atoms with E-state index in [-0.39, 0.29) is 6.61 Å². The van der Waals surface area contributed by atoms with Crippen molar-refractivity contribution in [2.45, 2.75) is 18.7 Å². The summed E-state index contributed by atoms with van der Waals surface area (Å²) in [6.45, 7) is 4.05. The zero-order chi connectivity index (χ0) is 9.84. The highest BCUT2D eigenvalue weighted by molar-refractivity contribution is 7.99. The van der Waals surface area contributed by atoms with E-state index in [1.165, 1.54) is 11.8 Å². The summed E-state index contributed by atoms with van der Waals surface area (Å²) in [7, 11) is 0. The molecular weight excluding hydrogens is 184 g/mol. The zero-order valence-corrected chi connectivity index (χ0v) is 8.69. The van der Waals surface area contributed by atoms with Crippen LogP contribution in [-0.4, -0.2) is 22.6 Å². The third-order valence-corrected chi connectivity index (χ3v) is 2.94. The maximum Gasteiger partial charge on any atom is 0.129 e. The third kappa shape index (κ3) is 2.64. The lowest BCUT2D eigenvalue weighted by molar-refractivity contribution is 0.322. The second-order valence-corrected chi connectivity index (χ2v) is 4.11. The van der Waals surface area contributed by atoms with E-state index in [0.29, 0.717) is 11.5 Å². The van der Waals surface area contributed by atoms with E-state index in [1.54, 1.807) is 6.07 Å². The first-order valence-electron chi connectivity index (χ1n) is 4.19. The molecule has 0 aliphatic heterocycles. The Balaban J connectivity index is 2.92. The number of benzene rings is 1. The van der Waals surface area contributed by atoms with E-state index < -0.39 is 0 Å². The van der Waals surface area contributed by atoms with Crippen LogP contribution in [-0.2, 0) is 0 Å². The summed E-state index contributed by atoms with van der Waals surface area (Å²) in [6.07, 6.45) is 0. The van der Waals surface area contributed by atoms with E-state index in [0.717, 1.165) is 16.0 Å². The van der Waals surface area contributed by atoms with Gasteiger partial charge in [-0.15, -0.1) is 11.8 Å². The van der Waals surface area contributed by atoms with Gasteiger partial charge in [-0.2, -0.15) is 0 Å². The first kappa shape index (κ1) is 10.4. The van der Waals surface area contributed by atoms with Crippen LogP contribution in [0, 0.1) is 13.8 Å². The van der Waals surface area contributed by atoms with Gasteiger partial charge in [0.1, 0.15) is 5.75 Å². The third-order valence-electron chi connectivity index (χ3n) is 1.74. The molecule has 2 nitrogen and oxygen atoms in total. The summed E-state index contributed by atoms with van der Waals surface area (Å²) in [5.74, 6) is 0.938. The highest BCUT2D eigenvalue weighted by Crippen LogP contribution is 2.32. The van der Waals surface area contributed by atoms with Crippen LogP contribution in [0.4, 0.5) is 0 Å². The van der Waals surface area contributed by atoms with Gasteiger partial charge in [-0.05, 0) is 31.0 Å². The smallest absolute Gasteiger partial charge is 0.129 e. The fourth-order valence-corrected chi connectivity index (χ4v) is 2.06. The molecule has 0 heterocycles. The molecule has 0 saturated carbocycles. The van der Waals surface area contributed by atoms with Crippen molar-refractivity contribution in [1.29, 1.82) is 0 Å². The Morgan fingerprint density at radius 1 is 1.31 bits per heavy atom. The molecule has 0 aliphatic rings. The molecule has 3 heteroatoms. The topological polar surface area (TPSA) is 40.5 Å². The SMILES string of the molecule is Cc1cc(C)c(SCCO)c(O)c1. The molecule has 0 spiro atoms. The maximum absolute atomic E-state index is 9.60. The largest absolute Gasteiger partial charge is 0.507 e. The van der Waals surface area contributed by atoms with Crippen molar-refractivity contribution in [2.75, 3.05) is 12.4 Å². The number of phenolic OH excluding ortho intramolecular Hbond substituents is 1.